The van der Waals surface area contributed by atoms with Crippen molar-refractivity contribution in [2.45, 2.75) is 32.4 Å². The molecule has 0 aromatic rings. The number of ether oxygens (including phenoxy) is 2. The zero-order valence-electron chi connectivity index (χ0n) is 10.1. The lowest BCUT2D eigenvalue weighted by Gasteiger charge is -2.22. The van der Waals surface area contributed by atoms with Crippen molar-refractivity contribution in [3.8, 4) is 0 Å². The van der Waals surface area contributed by atoms with Crippen molar-refractivity contribution in [3.05, 3.63) is 0 Å². The van der Waals surface area contributed by atoms with Crippen LogP contribution in [-0.2, 0) is 14.3 Å². The van der Waals surface area contributed by atoms with E-state index in [1.54, 1.807) is 0 Å². The second-order valence-corrected chi connectivity index (χ2v) is 4.15. The van der Waals surface area contributed by atoms with E-state index in [9.17, 15) is 4.79 Å². The second-order valence-electron chi connectivity index (χ2n) is 4.15. The van der Waals surface area contributed by atoms with Crippen molar-refractivity contribution in [2.24, 2.45) is 0 Å². The Hall–Kier alpha value is -0.650. The minimum atomic E-state index is -0.195. The summed E-state index contributed by atoms with van der Waals surface area (Å²) >= 11 is 0. The Kier molecular flexibility index (Phi) is 6.37. The average molecular weight is 230 g/mol. The predicted molar refractivity (Wildman–Crippen MR) is 61.3 cm³/mol. The quantitative estimate of drug-likeness (QED) is 0.626. The number of carbonyl (C=O) groups excluding carboxylic acids is 1. The molecule has 16 heavy (non-hydrogen) atoms. The number of rotatable bonds is 6. The van der Waals surface area contributed by atoms with Crippen LogP contribution in [0.5, 0.6) is 0 Å². The highest BCUT2D eigenvalue weighted by atomic mass is 16.5. The summed E-state index contributed by atoms with van der Waals surface area (Å²) in [6.45, 7) is 7.24. The first-order chi connectivity index (χ1) is 7.70. The molecular formula is C11H22N2O3. The van der Waals surface area contributed by atoms with Crippen LogP contribution in [0.25, 0.3) is 0 Å². The first kappa shape index (κ1) is 13.4. The standard InChI is InChI=1S/C11H22N2O3/c1-9(2)16-6-3-4-13-11(14)10-8-15-7-5-12-10/h9-10,12H,3-8H2,1-2H3,(H,13,14). The van der Waals surface area contributed by atoms with Crippen LogP contribution in [0.1, 0.15) is 20.3 Å². The molecule has 1 atom stereocenters. The molecule has 1 aliphatic heterocycles. The van der Waals surface area contributed by atoms with Crippen LogP contribution in [0.4, 0.5) is 0 Å². The maximum absolute atomic E-state index is 11.6. The van der Waals surface area contributed by atoms with E-state index in [0.717, 1.165) is 13.0 Å². The van der Waals surface area contributed by atoms with E-state index < -0.39 is 0 Å². The molecule has 2 N–H and O–H groups in total. The number of nitrogens with one attached hydrogen (secondary N) is 2. The summed E-state index contributed by atoms with van der Waals surface area (Å²) < 4.78 is 10.6. The first-order valence-electron chi connectivity index (χ1n) is 5.90. The lowest BCUT2D eigenvalue weighted by atomic mass is 10.2. The third-order valence-electron chi connectivity index (χ3n) is 2.31. The summed E-state index contributed by atoms with van der Waals surface area (Å²) in [4.78, 5) is 11.6. The van der Waals surface area contributed by atoms with E-state index in [1.165, 1.54) is 0 Å². The summed E-state index contributed by atoms with van der Waals surface area (Å²) in [7, 11) is 0. The van der Waals surface area contributed by atoms with Crippen LogP contribution in [0.3, 0.4) is 0 Å². The molecule has 94 valence electrons. The minimum absolute atomic E-state index is 0.0178. The highest BCUT2D eigenvalue weighted by Gasteiger charge is 2.20. The third-order valence-corrected chi connectivity index (χ3v) is 2.31. The first-order valence-corrected chi connectivity index (χ1v) is 5.90. The van der Waals surface area contributed by atoms with Gasteiger partial charge in [0.25, 0.3) is 0 Å². The Morgan fingerprint density at radius 2 is 2.44 bits per heavy atom. The molecule has 1 heterocycles. The molecule has 0 spiro atoms. The Labute approximate surface area is 96.9 Å². The Morgan fingerprint density at radius 3 is 3.06 bits per heavy atom. The van der Waals surface area contributed by atoms with Gasteiger partial charge in [-0.1, -0.05) is 0 Å². The van der Waals surface area contributed by atoms with Crippen LogP contribution < -0.4 is 10.6 Å². The average Bonchev–Trinajstić information content (AvgIpc) is 2.29. The number of carbonyl (C=O) groups is 1. The van der Waals surface area contributed by atoms with Crippen LogP contribution in [0.15, 0.2) is 0 Å². The van der Waals surface area contributed by atoms with Gasteiger partial charge in [0, 0.05) is 19.7 Å². The molecule has 0 aliphatic carbocycles. The Balaban J connectivity index is 2.01. The number of amides is 1. The van der Waals surface area contributed by atoms with Gasteiger partial charge in [-0.25, -0.2) is 0 Å². The Morgan fingerprint density at radius 1 is 1.62 bits per heavy atom. The fourth-order valence-electron chi connectivity index (χ4n) is 1.46. The van der Waals surface area contributed by atoms with E-state index in [2.05, 4.69) is 10.6 Å². The molecule has 5 nitrogen and oxygen atoms in total. The molecule has 1 unspecified atom stereocenters. The molecule has 0 saturated carbocycles. The lowest BCUT2D eigenvalue weighted by molar-refractivity contribution is -0.125. The fourth-order valence-corrected chi connectivity index (χ4v) is 1.46. The Bertz CT molecular complexity index is 203. The van der Waals surface area contributed by atoms with Crippen molar-refractivity contribution < 1.29 is 14.3 Å². The minimum Gasteiger partial charge on any atom is -0.379 e. The van der Waals surface area contributed by atoms with Gasteiger partial charge in [0.1, 0.15) is 6.04 Å². The maximum atomic E-state index is 11.6. The van der Waals surface area contributed by atoms with Crippen molar-refractivity contribution in [3.63, 3.8) is 0 Å². The molecule has 1 saturated heterocycles. The predicted octanol–water partition coefficient (Wildman–Crippen LogP) is -0.0939. The summed E-state index contributed by atoms with van der Waals surface area (Å²) in [5.41, 5.74) is 0. The second kappa shape index (κ2) is 7.60. The molecule has 0 bridgehead atoms. The van der Waals surface area contributed by atoms with Gasteiger partial charge in [0.2, 0.25) is 5.91 Å². The van der Waals surface area contributed by atoms with Gasteiger partial charge < -0.3 is 20.1 Å². The maximum Gasteiger partial charge on any atom is 0.239 e. The van der Waals surface area contributed by atoms with Gasteiger partial charge in [-0.05, 0) is 20.3 Å². The molecule has 0 aromatic heterocycles. The lowest BCUT2D eigenvalue weighted by Crippen LogP contribution is -2.51. The summed E-state index contributed by atoms with van der Waals surface area (Å²) in [6, 6.07) is -0.195. The zero-order valence-corrected chi connectivity index (χ0v) is 10.1. The van der Waals surface area contributed by atoms with E-state index in [0.29, 0.717) is 26.4 Å². The number of hydrogen-bond donors (Lipinski definition) is 2. The van der Waals surface area contributed by atoms with Crippen molar-refractivity contribution >= 4 is 5.91 Å². The van der Waals surface area contributed by atoms with Gasteiger partial charge in [-0.15, -0.1) is 0 Å². The molecule has 0 radical (unpaired) electrons. The number of hydrogen-bond acceptors (Lipinski definition) is 4. The molecule has 5 heteroatoms. The van der Waals surface area contributed by atoms with E-state index >= 15 is 0 Å². The van der Waals surface area contributed by atoms with Gasteiger partial charge in [0.05, 0.1) is 19.3 Å². The van der Waals surface area contributed by atoms with Gasteiger partial charge in [-0.2, -0.15) is 0 Å². The molecule has 1 aliphatic rings. The van der Waals surface area contributed by atoms with Crippen LogP contribution in [0.2, 0.25) is 0 Å². The normalized spacial score (nSPS) is 21.1. The highest BCUT2D eigenvalue weighted by molar-refractivity contribution is 5.81. The van der Waals surface area contributed by atoms with Crippen LogP contribution in [0, 0.1) is 0 Å². The molecule has 1 rings (SSSR count). The highest BCUT2D eigenvalue weighted by Crippen LogP contribution is 1.93. The van der Waals surface area contributed by atoms with E-state index in [4.69, 9.17) is 9.47 Å². The van der Waals surface area contributed by atoms with Gasteiger partial charge in [-0.3, -0.25) is 4.79 Å². The van der Waals surface area contributed by atoms with Crippen molar-refractivity contribution in [2.75, 3.05) is 32.9 Å². The topological polar surface area (TPSA) is 59.6 Å². The van der Waals surface area contributed by atoms with Crippen molar-refractivity contribution in [1.82, 2.24) is 10.6 Å². The van der Waals surface area contributed by atoms with E-state index in [1.807, 2.05) is 13.8 Å². The smallest absolute Gasteiger partial charge is 0.239 e. The van der Waals surface area contributed by atoms with Gasteiger partial charge in [0.15, 0.2) is 0 Å². The SMILES string of the molecule is CC(C)OCCCNC(=O)C1COCCN1. The summed E-state index contributed by atoms with van der Waals surface area (Å²) in [6.07, 6.45) is 1.10. The molecule has 1 fully saturated rings. The monoisotopic (exact) mass is 230 g/mol. The van der Waals surface area contributed by atoms with Crippen LogP contribution in [-0.4, -0.2) is 51.0 Å². The molecule has 1 amide bonds. The van der Waals surface area contributed by atoms with Crippen LogP contribution >= 0.6 is 0 Å². The zero-order chi connectivity index (χ0) is 11.8. The molecular weight excluding hydrogens is 208 g/mol. The fraction of sp³-hybridized carbons (Fsp3) is 0.909. The third kappa shape index (κ3) is 5.44. The van der Waals surface area contributed by atoms with Gasteiger partial charge >= 0.3 is 0 Å². The molecule has 0 aromatic carbocycles. The van der Waals surface area contributed by atoms with Crippen molar-refractivity contribution in [1.29, 1.82) is 0 Å². The summed E-state index contributed by atoms with van der Waals surface area (Å²) in [5, 5.41) is 5.97. The number of morpholine rings is 1. The largest absolute Gasteiger partial charge is 0.379 e. The summed E-state index contributed by atoms with van der Waals surface area (Å²) in [5.74, 6) is 0.0178. The van der Waals surface area contributed by atoms with E-state index in [-0.39, 0.29) is 18.1 Å².